The van der Waals surface area contributed by atoms with Crippen molar-refractivity contribution in [3.8, 4) is 6.07 Å². The minimum atomic E-state index is -4.78. The van der Waals surface area contributed by atoms with Crippen LogP contribution in [0.5, 0.6) is 0 Å². The zero-order valence-electron chi connectivity index (χ0n) is 18.8. The van der Waals surface area contributed by atoms with E-state index in [1.165, 1.54) is 11.0 Å². The molecule has 0 saturated carbocycles. The van der Waals surface area contributed by atoms with Crippen LogP contribution in [0.15, 0.2) is 30.3 Å². The van der Waals surface area contributed by atoms with Gasteiger partial charge in [-0.15, -0.1) is 0 Å². The Bertz CT molecular complexity index is 1130. The number of carbonyl (C=O) groups excluding carboxylic acids is 2. The van der Waals surface area contributed by atoms with E-state index in [-0.39, 0.29) is 30.0 Å². The molecule has 2 amide bonds. The molecule has 0 spiro atoms. The summed E-state index contributed by atoms with van der Waals surface area (Å²) in [7, 11) is 0. The monoisotopic (exact) mass is 487 g/mol. The minimum absolute atomic E-state index is 0.00375. The molecular formula is C23H24F3N7O2. The van der Waals surface area contributed by atoms with Gasteiger partial charge in [-0.05, 0) is 37.0 Å². The molecule has 2 aliphatic heterocycles. The number of rotatable bonds is 6. The standard InChI is InChI=1S/C23H24F3N7O2/c24-23(25,26)22-30-18(32-11-9-28-20(34)14-32)12-19(31-22)33-10-1-2-17(33)21(35)29-8-7-15-3-5-16(13-27)6-4-15/h3-6,12,17H,1-2,7-11,14H2,(H,28,34)(H,29,35). The molecule has 0 bridgehead atoms. The topological polar surface area (TPSA) is 114 Å². The lowest BCUT2D eigenvalue weighted by Gasteiger charge is -2.30. The van der Waals surface area contributed by atoms with Crippen molar-refractivity contribution in [2.24, 2.45) is 0 Å². The molecule has 2 saturated heterocycles. The van der Waals surface area contributed by atoms with Gasteiger partial charge in [0, 0.05) is 32.2 Å². The number of amides is 2. The zero-order chi connectivity index (χ0) is 25.0. The van der Waals surface area contributed by atoms with Gasteiger partial charge in [-0.25, -0.2) is 9.97 Å². The summed E-state index contributed by atoms with van der Waals surface area (Å²) in [5.41, 5.74) is 1.50. The number of aromatic nitrogens is 2. The van der Waals surface area contributed by atoms with Crippen molar-refractivity contribution >= 4 is 23.5 Å². The van der Waals surface area contributed by atoms with Gasteiger partial charge in [0.25, 0.3) is 0 Å². The maximum absolute atomic E-state index is 13.6. The summed E-state index contributed by atoms with van der Waals surface area (Å²) >= 11 is 0. The molecular weight excluding hydrogens is 463 g/mol. The first-order chi connectivity index (χ1) is 16.7. The van der Waals surface area contributed by atoms with E-state index in [9.17, 15) is 22.8 Å². The molecule has 2 fully saturated rings. The third-order valence-electron chi connectivity index (χ3n) is 5.96. The maximum Gasteiger partial charge on any atom is 0.451 e. The summed E-state index contributed by atoms with van der Waals surface area (Å²) in [5, 5.41) is 14.4. The van der Waals surface area contributed by atoms with Crippen molar-refractivity contribution < 1.29 is 22.8 Å². The Hall–Kier alpha value is -3.88. The molecule has 9 nitrogen and oxygen atoms in total. The smallest absolute Gasteiger partial charge is 0.354 e. The Kier molecular flexibility index (Phi) is 7.04. The highest BCUT2D eigenvalue weighted by Gasteiger charge is 2.38. The molecule has 2 aromatic rings. The summed E-state index contributed by atoms with van der Waals surface area (Å²) in [6.07, 6.45) is -3.12. The molecule has 2 N–H and O–H groups in total. The second-order valence-corrected chi connectivity index (χ2v) is 8.38. The normalized spacial score (nSPS) is 18.2. The second-order valence-electron chi connectivity index (χ2n) is 8.38. The molecule has 1 atom stereocenters. The number of hydrogen-bond acceptors (Lipinski definition) is 7. The molecule has 184 valence electrons. The van der Waals surface area contributed by atoms with Crippen molar-refractivity contribution in [3.05, 3.63) is 47.3 Å². The average molecular weight is 487 g/mol. The highest BCUT2D eigenvalue weighted by atomic mass is 19.4. The molecule has 3 heterocycles. The lowest BCUT2D eigenvalue weighted by atomic mass is 10.1. The predicted octanol–water partition coefficient (Wildman–Crippen LogP) is 1.63. The summed E-state index contributed by atoms with van der Waals surface area (Å²) in [4.78, 5) is 35.1. The van der Waals surface area contributed by atoms with Crippen molar-refractivity contribution in [1.82, 2.24) is 20.6 Å². The van der Waals surface area contributed by atoms with E-state index in [2.05, 4.69) is 20.6 Å². The Morgan fingerprint density at radius 3 is 2.63 bits per heavy atom. The molecule has 1 aromatic heterocycles. The Balaban J connectivity index is 1.49. The fourth-order valence-corrected chi connectivity index (χ4v) is 4.20. The van der Waals surface area contributed by atoms with Crippen LogP contribution in [0, 0.1) is 11.3 Å². The van der Waals surface area contributed by atoms with E-state index in [4.69, 9.17) is 5.26 Å². The number of benzene rings is 1. The lowest BCUT2D eigenvalue weighted by Crippen LogP contribution is -2.48. The lowest BCUT2D eigenvalue weighted by molar-refractivity contribution is -0.144. The van der Waals surface area contributed by atoms with Gasteiger partial charge in [0.15, 0.2) is 0 Å². The third-order valence-corrected chi connectivity index (χ3v) is 5.96. The zero-order valence-corrected chi connectivity index (χ0v) is 18.8. The van der Waals surface area contributed by atoms with Crippen LogP contribution >= 0.6 is 0 Å². The SMILES string of the molecule is N#Cc1ccc(CCNC(=O)C2CCCN2c2cc(N3CCNC(=O)C3)nc(C(F)(F)F)n2)cc1. The van der Waals surface area contributed by atoms with Crippen LogP contribution in [-0.4, -0.2) is 60.5 Å². The molecule has 1 unspecified atom stereocenters. The molecule has 2 aliphatic rings. The molecule has 0 aliphatic carbocycles. The van der Waals surface area contributed by atoms with Gasteiger partial charge in [-0.1, -0.05) is 12.1 Å². The first-order valence-electron chi connectivity index (χ1n) is 11.3. The van der Waals surface area contributed by atoms with Gasteiger partial charge < -0.3 is 20.4 Å². The molecule has 1 aromatic carbocycles. The van der Waals surface area contributed by atoms with Crippen LogP contribution in [-0.2, 0) is 22.2 Å². The van der Waals surface area contributed by atoms with Crippen LogP contribution in [0.25, 0.3) is 0 Å². The number of nitriles is 1. The van der Waals surface area contributed by atoms with E-state index in [1.807, 2.05) is 18.2 Å². The number of nitrogens with zero attached hydrogens (tertiary/aromatic N) is 5. The van der Waals surface area contributed by atoms with E-state index in [1.54, 1.807) is 17.0 Å². The van der Waals surface area contributed by atoms with Gasteiger partial charge >= 0.3 is 6.18 Å². The van der Waals surface area contributed by atoms with E-state index < -0.39 is 18.0 Å². The largest absolute Gasteiger partial charge is 0.451 e. The molecule has 4 rings (SSSR count). The molecule has 12 heteroatoms. The fourth-order valence-electron chi connectivity index (χ4n) is 4.20. The quantitative estimate of drug-likeness (QED) is 0.637. The van der Waals surface area contributed by atoms with Gasteiger partial charge in [0.05, 0.1) is 18.2 Å². The van der Waals surface area contributed by atoms with Gasteiger partial charge in [-0.2, -0.15) is 18.4 Å². The van der Waals surface area contributed by atoms with Crippen LogP contribution in [0.1, 0.15) is 29.8 Å². The van der Waals surface area contributed by atoms with E-state index >= 15 is 0 Å². The first kappa shape index (κ1) is 24.3. The summed E-state index contributed by atoms with van der Waals surface area (Å²) in [6.45, 7) is 1.24. The first-order valence-corrected chi connectivity index (χ1v) is 11.3. The van der Waals surface area contributed by atoms with Crippen LogP contribution in [0.2, 0.25) is 0 Å². The molecule has 35 heavy (non-hydrogen) atoms. The fraction of sp³-hybridized carbons (Fsp3) is 0.435. The van der Waals surface area contributed by atoms with Crippen molar-refractivity contribution in [2.75, 3.05) is 42.5 Å². The summed E-state index contributed by atoms with van der Waals surface area (Å²) in [6, 6.07) is 9.83. The number of piperazine rings is 1. The van der Waals surface area contributed by atoms with Crippen molar-refractivity contribution in [3.63, 3.8) is 0 Å². The number of hydrogen-bond donors (Lipinski definition) is 2. The summed E-state index contributed by atoms with van der Waals surface area (Å²) in [5.74, 6) is -1.88. The Morgan fingerprint density at radius 1 is 1.20 bits per heavy atom. The van der Waals surface area contributed by atoms with Crippen LogP contribution in [0.4, 0.5) is 24.8 Å². The Labute approximate surface area is 199 Å². The van der Waals surface area contributed by atoms with E-state index in [0.717, 1.165) is 5.56 Å². The highest BCUT2D eigenvalue weighted by Crippen LogP contribution is 2.33. The number of nitrogens with one attached hydrogen (secondary N) is 2. The second kappa shape index (κ2) is 10.2. The number of halogens is 3. The van der Waals surface area contributed by atoms with Gasteiger partial charge in [0.1, 0.15) is 17.7 Å². The Morgan fingerprint density at radius 2 is 1.94 bits per heavy atom. The minimum Gasteiger partial charge on any atom is -0.354 e. The van der Waals surface area contributed by atoms with Crippen LogP contribution in [0.3, 0.4) is 0 Å². The van der Waals surface area contributed by atoms with Crippen LogP contribution < -0.4 is 20.4 Å². The van der Waals surface area contributed by atoms with Crippen molar-refractivity contribution in [1.29, 1.82) is 5.26 Å². The highest BCUT2D eigenvalue weighted by molar-refractivity contribution is 5.86. The third kappa shape index (κ3) is 5.79. The number of carbonyl (C=O) groups is 2. The number of anilines is 2. The van der Waals surface area contributed by atoms with Gasteiger partial charge in [0.2, 0.25) is 17.6 Å². The maximum atomic E-state index is 13.6. The number of alkyl halides is 3. The van der Waals surface area contributed by atoms with Crippen molar-refractivity contribution in [2.45, 2.75) is 31.5 Å². The van der Waals surface area contributed by atoms with E-state index in [0.29, 0.717) is 51.0 Å². The summed E-state index contributed by atoms with van der Waals surface area (Å²) < 4.78 is 40.7. The van der Waals surface area contributed by atoms with Gasteiger partial charge in [-0.3, -0.25) is 9.59 Å². The molecule has 0 radical (unpaired) electrons. The predicted molar refractivity (Wildman–Crippen MR) is 120 cm³/mol. The average Bonchev–Trinajstić information content (AvgIpc) is 3.34.